The number of rotatable bonds is 8. The van der Waals surface area contributed by atoms with Crippen molar-refractivity contribution in [1.82, 2.24) is 19.9 Å². The van der Waals surface area contributed by atoms with Crippen molar-refractivity contribution >= 4 is 0 Å². The van der Waals surface area contributed by atoms with E-state index in [1.165, 1.54) is 0 Å². The molecule has 1 aliphatic rings. The van der Waals surface area contributed by atoms with Gasteiger partial charge in [-0.2, -0.15) is 0 Å². The molecule has 1 N–H and O–H groups in total. The Labute approximate surface area is 209 Å². The Morgan fingerprint density at radius 1 is 1.08 bits per heavy atom. The van der Waals surface area contributed by atoms with E-state index in [1.54, 1.807) is 18.6 Å². The lowest BCUT2D eigenvalue weighted by Crippen LogP contribution is -2.38. The molecule has 0 amide bonds. The van der Waals surface area contributed by atoms with Crippen molar-refractivity contribution in [3.8, 4) is 28.3 Å². The van der Waals surface area contributed by atoms with Gasteiger partial charge in [0.2, 0.25) is 0 Å². The maximum absolute atomic E-state index is 12.3. The molecule has 8 nitrogen and oxygen atoms in total. The smallest absolute Gasteiger partial charge is 0.257 e. The third-order valence-corrected chi connectivity index (χ3v) is 6.36. The monoisotopic (exact) mass is 486 g/mol. The van der Waals surface area contributed by atoms with Gasteiger partial charge in [0.25, 0.3) is 5.56 Å². The summed E-state index contributed by atoms with van der Waals surface area (Å²) in [7, 11) is 0. The average molecular weight is 487 g/mol. The van der Waals surface area contributed by atoms with Crippen molar-refractivity contribution in [2.24, 2.45) is 0 Å². The van der Waals surface area contributed by atoms with Gasteiger partial charge in [-0.15, -0.1) is 0 Å². The Morgan fingerprint density at radius 3 is 2.81 bits per heavy atom. The number of morpholine rings is 1. The van der Waals surface area contributed by atoms with Crippen molar-refractivity contribution in [2.45, 2.75) is 20.3 Å². The zero-order valence-electron chi connectivity index (χ0n) is 20.6. The summed E-state index contributed by atoms with van der Waals surface area (Å²) in [4.78, 5) is 26.3. The van der Waals surface area contributed by atoms with Crippen LogP contribution in [-0.2, 0) is 11.2 Å². The maximum atomic E-state index is 12.3. The van der Waals surface area contributed by atoms with E-state index in [4.69, 9.17) is 13.9 Å². The molecule has 0 unspecified atom stereocenters. The van der Waals surface area contributed by atoms with Crippen LogP contribution in [0.3, 0.4) is 0 Å². The topological polar surface area (TPSA) is 93.5 Å². The largest absolute Gasteiger partial charge is 0.492 e. The Morgan fingerprint density at radius 2 is 1.94 bits per heavy atom. The highest BCUT2D eigenvalue weighted by Crippen LogP contribution is 2.26. The van der Waals surface area contributed by atoms with Crippen LogP contribution < -0.4 is 10.3 Å². The molecule has 186 valence electrons. The molecule has 0 saturated carbocycles. The first-order valence-corrected chi connectivity index (χ1v) is 12.2. The first-order valence-electron chi connectivity index (χ1n) is 12.2. The van der Waals surface area contributed by atoms with Gasteiger partial charge in [-0.05, 0) is 60.9 Å². The van der Waals surface area contributed by atoms with Gasteiger partial charge in [-0.1, -0.05) is 6.07 Å². The second kappa shape index (κ2) is 10.9. The lowest BCUT2D eigenvalue weighted by Gasteiger charge is -2.26. The molecule has 5 rings (SSSR count). The summed E-state index contributed by atoms with van der Waals surface area (Å²) in [5.41, 5.74) is 4.98. The molecule has 8 heteroatoms. The molecular weight excluding hydrogens is 456 g/mol. The first-order chi connectivity index (χ1) is 17.5. The van der Waals surface area contributed by atoms with E-state index >= 15 is 0 Å². The molecule has 3 aromatic heterocycles. The molecule has 0 spiro atoms. The molecule has 4 aromatic rings. The van der Waals surface area contributed by atoms with E-state index in [0.29, 0.717) is 35.9 Å². The zero-order chi connectivity index (χ0) is 24.9. The quantitative estimate of drug-likeness (QED) is 0.402. The molecule has 4 heterocycles. The summed E-state index contributed by atoms with van der Waals surface area (Å²) in [6.07, 6.45) is 5.63. The number of nitrogens with one attached hydrogen (secondary N) is 1. The van der Waals surface area contributed by atoms with Crippen molar-refractivity contribution in [3.63, 3.8) is 0 Å². The van der Waals surface area contributed by atoms with Gasteiger partial charge >= 0.3 is 0 Å². The van der Waals surface area contributed by atoms with E-state index in [-0.39, 0.29) is 5.56 Å². The lowest BCUT2D eigenvalue weighted by molar-refractivity contribution is 0.0322. The van der Waals surface area contributed by atoms with Crippen LogP contribution in [0.25, 0.3) is 22.6 Å². The van der Waals surface area contributed by atoms with Crippen LogP contribution in [0.15, 0.2) is 64.2 Å². The number of H-pyrrole nitrogens is 1. The minimum Gasteiger partial charge on any atom is -0.492 e. The van der Waals surface area contributed by atoms with E-state index < -0.39 is 0 Å². The number of ether oxygens (including phenoxy) is 2. The third kappa shape index (κ3) is 5.72. The number of hydrogen-bond donors (Lipinski definition) is 1. The molecule has 1 saturated heterocycles. The van der Waals surface area contributed by atoms with Gasteiger partial charge in [-0.3, -0.25) is 14.7 Å². The van der Waals surface area contributed by atoms with Crippen LogP contribution in [0.4, 0.5) is 0 Å². The zero-order valence-corrected chi connectivity index (χ0v) is 20.6. The highest BCUT2D eigenvalue weighted by Gasteiger charge is 2.13. The summed E-state index contributed by atoms with van der Waals surface area (Å²) in [6, 6.07) is 11.7. The molecule has 1 fully saturated rings. The summed E-state index contributed by atoms with van der Waals surface area (Å²) in [5.74, 6) is 2.09. The average Bonchev–Trinajstić information content (AvgIpc) is 3.37. The molecular formula is C28H30N4O4. The van der Waals surface area contributed by atoms with Gasteiger partial charge in [0, 0.05) is 44.0 Å². The van der Waals surface area contributed by atoms with Gasteiger partial charge in [0.1, 0.15) is 12.4 Å². The van der Waals surface area contributed by atoms with E-state index in [1.807, 2.05) is 31.2 Å². The Bertz CT molecular complexity index is 1390. The van der Waals surface area contributed by atoms with Crippen molar-refractivity contribution < 1.29 is 13.9 Å². The minimum atomic E-state index is -0.175. The summed E-state index contributed by atoms with van der Waals surface area (Å²) >= 11 is 0. The van der Waals surface area contributed by atoms with E-state index in [9.17, 15) is 4.79 Å². The molecule has 0 radical (unpaired) electrons. The second-order valence-electron chi connectivity index (χ2n) is 9.04. The summed E-state index contributed by atoms with van der Waals surface area (Å²) in [6.45, 7) is 9.02. The summed E-state index contributed by atoms with van der Waals surface area (Å²) < 4.78 is 17.5. The molecule has 0 bridgehead atoms. The number of oxazole rings is 1. The highest BCUT2D eigenvalue weighted by molar-refractivity contribution is 5.67. The molecule has 1 aliphatic heterocycles. The van der Waals surface area contributed by atoms with Crippen molar-refractivity contribution in [3.05, 3.63) is 87.9 Å². The normalized spacial score (nSPS) is 14.2. The fraction of sp³-hybridized carbons (Fsp3) is 0.321. The van der Waals surface area contributed by atoms with Crippen molar-refractivity contribution in [1.29, 1.82) is 0 Å². The number of aromatic nitrogens is 3. The molecule has 1 aromatic carbocycles. The number of pyridine rings is 2. The van der Waals surface area contributed by atoms with Gasteiger partial charge < -0.3 is 18.9 Å². The lowest BCUT2D eigenvalue weighted by atomic mass is 10.1. The fourth-order valence-electron chi connectivity index (χ4n) is 4.25. The van der Waals surface area contributed by atoms with Gasteiger partial charge in [-0.25, -0.2) is 4.98 Å². The van der Waals surface area contributed by atoms with Crippen LogP contribution >= 0.6 is 0 Å². The van der Waals surface area contributed by atoms with E-state index in [0.717, 1.165) is 60.9 Å². The van der Waals surface area contributed by atoms with Crippen LogP contribution in [0, 0.1) is 13.8 Å². The molecule has 0 aliphatic carbocycles. The van der Waals surface area contributed by atoms with Crippen molar-refractivity contribution in [2.75, 3.05) is 39.5 Å². The molecule has 0 atom stereocenters. The fourth-order valence-corrected chi connectivity index (χ4v) is 4.25. The standard InChI is InChI=1S/C28H30N4O4/c1-19-13-24(28(33)31-17-19)25-15-21(5-6-29-25)26-18-30-27(36-26)16-22-14-23(4-3-20(22)2)35-12-9-32-7-10-34-11-8-32/h3-6,13-15,17-18H,7-12,16H2,1-2H3,(H,31,33). The minimum absolute atomic E-state index is 0.175. The SMILES string of the molecule is Cc1c[nH]c(=O)c(-c2cc(-c3cnc(Cc4cc(OCCN5CCOCC5)ccc4C)o3)ccn2)c1. The summed E-state index contributed by atoms with van der Waals surface area (Å²) in [5, 5.41) is 0. The number of aryl methyl sites for hydroxylation is 2. The first kappa shape index (κ1) is 24.0. The predicted molar refractivity (Wildman–Crippen MR) is 137 cm³/mol. The Balaban J connectivity index is 1.27. The van der Waals surface area contributed by atoms with Crippen LogP contribution in [-0.4, -0.2) is 59.3 Å². The predicted octanol–water partition coefficient (Wildman–Crippen LogP) is 4.01. The number of nitrogens with zero attached hydrogens (tertiary/aromatic N) is 3. The van der Waals surface area contributed by atoms with Gasteiger partial charge in [0.15, 0.2) is 11.7 Å². The third-order valence-electron chi connectivity index (χ3n) is 6.36. The van der Waals surface area contributed by atoms with Crippen LogP contribution in [0.5, 0.6) is 5.75 Å². The maximum Gasteiger partial charge on any atom is 0.257 e. The highest BCUT2D eigenvalue weighted by atomic mass is 16.5. The Hall–Kier alpha value is -3.75. The van der Waals surface area contributed by atoms with Crippen LogP contribution in [0.1, 0.15) is 22.6 Å². The number of hydrogen-bond acceptors (Lipinski definition) is 7. The van der Waals surface area contributed by atoms with Crippen LogP contribution in [0.2, 0.25) is 0 Å². The number of aromatic amines is 1. The Kier molecular flexibility index (Phi) is 7.25. The second-order valence-corrected chi connectivity index (χ2v) is 9.04. The van der Waals surface area contributed by atoms with Gasteiger partial charge in [0.05, 0.1) is 30.7 Å². The number of benzene rings is 1. The van der Waals surface area contributed by atoms with E-state index in [2.05, 4.69) is 38.9 Å². The molecule has 36 heavy (non-hydrogen) atoms.